The fourth-order valence-corrected chi connectivity index (χ4v) is 3.08. The highest BCUT2D eigenvalue weighted by Gasteiger charge is 2.13. The molecule has 108 valence electrons. The maximum Gasteiger partial charge on any atom is 0.179 e. The predicted molar refractivity (Wildman–Crippen MR) is 82.2 cm³/mol. The van der Waals surface area contributed by atoms with Crippen LogP contribution in [0.25, 0.3) is 0 Å². The highest BCUT2D eigenvalue weighted by Crippen LogP contribution is 2.15. The van der Waals surface area contributed by atoms with Crippen LogP contribution in [0.1, 0.15) is 6.42 Å². The lowest BCUT2D eigenvalue weighted by molar-refractivity contribution is 0.395. The molecule has 1 rings (SSSR count). The molecule has 0 aliphatic heterocycles. The summed E-state index contributed by atoms with van der Waals surface area (Å²) in [6, 6.07) is 6.76. The zero-order chi connectivity index (χ0) is 14.3. The first-order valence-corrected chi connectivity index (χ1v) is 8.70. The lowest BCUT2D eigenvalue weighted by Crippen LogP contribution is -2.26. The Balaban J connectivity index is 2.33. The van der Waals surface area contributed by atoms with Crippen molar-refractivity contribution >= 4 is 25.8 Å². The summed E-state index contributed by atoms with van der Waals surface area (Å²) in [6.45, 7) is 2.34. The van der Waals surface area contributed by atoms with Crippen LogP contribution in [0.3, 0.4) is 0 Å². The van der Waals surface area contributed by atoms with Crippen molar-refractivity contribution in [1.29, 1.82) is 0 Å². The zero-order valence-electron chi connectivity index (χ0n) is 11.4. The van der Waals surface area contributed by atoms with E-state index in [1.165, 1.54) is 0 Å². The number of halogens is 1. The van der Waals surface area contributed by atoms with Gasteiger partial charge in [-0.1, -0.05) is 15.9 Å². The van der Waals surface area contributed by atoms with Crippen molar-refractivity contribution in [3.8, 4) is 0 Å². The van der Waals surface area contributed by atoms with E-state index in [0.717, 1.165) is 24.0 Å². The van der Waals surface area contributed by atoms with E-state index in [1.54, 1.807) is 24.3 Å². The maximum absolute atomic E-state index is 12.0. The van der Waals surface area contributed by atoms with Crippen LogP contribution in [0.2, 0.25) is 0 Å². The minimum atomic E-state index is -3.17. The third kappa shape index (κ3) is 6.51. The van der Waals surface area contributed by atoms with Gasteiger partial charge >= 0.3 is 0 Å². The molecule has 6 heteroatoms. The third-order valence-corrected chi connectivity index (χ3v) is 4.94. The number of nitrogens with one attached hydrogen (secondary N) is 1. The SMILES string of the molecule is CN(C)CCCNCCS(=O)(=O)c1ccc(Br)cc1. The molecule has 0 radical (unpaired) electrons. The average molecular weight is 349 g/mol. The number of sulfone groups is 1. The van der Waals surface area contributed by atoms with Crippen LogP contribution in [-0.2, 0) is 9.84 Å². The fourth-order valence-electron chi connectivity index (χ4n) is 1.61. The smallest absolute Gasteiger partial charge is 0.179 e. The lowest BCUT2D eigenvalue weighted by atomic mass is 10.4. The first-order chi connectivity index (χ1) is 8.92. The van der Waals surface area contributed by atoms with Crippen LogP contribution in [0.4, 0.5) is 0 Å². The van der Waals surface area contributed by atoms with Crippen molar-refractivity contribution in [2.24, 2.45) is 0 Å². The van der Waals surface area contributed by atoms with E-state index < -0.39 is 9.84 Å². The van der Waals surface area contributed by atoms with E-state index in [-0.39, 0.29) is 5.75 Å². The van der Waals surface area contributed by atoms with Crippen LogP contribution in [-0.4, -0.2) is 52.8 Å². The Morgan fingerprint density at radius 1 is 1.16 bits per heavy atom. The molecule has 0 aromatic heterocycles. The van der Waals surface area contributed by atoms with E-state index in [1.807, 2.05) is 14.1 Å². The van der Waals surface area contributed by atoms with Gasteiger partial charge in [0, 0.05) is 11.0 Å². The second kappa shape index (κ2) is 7.99. The second-order valence-electron chi connectivity index (χ2n) is 4.68. The van der Waals surface area contributed by atoms with Crippen LogP contribution in [0, 0.1) is 0 Å². The molecule has 0 amide bonds. The topological polar surface area (TPSA) is 49.4 Å². The van der Waals surface area contributed by atoms with Gasteiger partial charge in [-0.3, -0.25) is 0 Å². The van der Waals surface area contributed by atoms with Crippen molar-refractivity contribution in [2.75, 3.05) is 39.5 Å². The fraction of sp³-hybridized carbons (Fsp3) is 0.538. The minimum absolute atomic E-state index is 0.136. The van der Waals surface area contributed by atoms with E-state index >= 15 is 0 Å². The van der Waals surface area contributed by atoms with Crippen molar-refractivity contribution in [1.82, 2.24) is 10.2 Å². The highest BCUT2D eigenvalue weighted by atomic mass is 79.9. The Hall–Kier alpha value is -0.430. The Bertz CT molecular complexity index is 472. The molecule has 0 aliphatic rings. The maximum atomic E-state index is 12.0. The van der Waals surface area contributed by atoms with E-state index in [4.69, 9.17) is 0 Å². The average Bonchev–Trinajstić information content (AvgIpc) is 2.34. The molecule has 0 heterocycles. The summed E-state index contributed by atoms with van der Waals surface area (Å²) in [5, 5.41) is 3.16. The standard InChI is InChI=1S/C13H21BrN2O2S/c1-16(2)10-3-8-15-9-11-19(17,18)13-6-4-12(14)5-7-13/h4-7,15H,3,8-11H2,1-2H3. The molecule has 1 N–H and O–H groups in total. The van der Waals surface area contributed by atoms with E-state index in [9.17, 15) is 8.42 Å². The summed E-state index contributed by atoms with van der Waals surface area (Å²) in [6.07, 6.45) is 1.02. The predicted octanol–water partition coefficient (Wildman–Crippen LogP) is 1.76. The summed E-state index contributed by atoms with van der Waals surface area (Å²) >= 11 is 3.29. The minimum Gasteiger partial charge on any atom is -0.316 e. The second-order valence-corrected chi connectivity index (χ2v) is 7.70. The molecule has 0 unspecified atom stereocenters. The summed E-state index contributed by atoms with van der Waals surface area (Å²) in [5.41, 5.74) is 0. The first-order valence-electron chi connectivity index (χ1n) is 6.25. The summed E-state index contributed by atoms with van der Waals surface area (Å²) in [7, 11) is 0.877. The molecule has 0 aliphatic carbocycles. The van der Waals surface area contributed by atoms with Crippen molar-refractivity contribution in [3.63, 3.8) is 0 Å². The molecule has 0 bridgehead atoms. The normalized spacial score (nSPS) is 12.0. The Kier molecular flexibility index (Phi) is 6.99. The van der Waals surface area contributed by atoms with Gasteiger partial charge in [-0.15, -0.1) is 0 Å². The van der Waals surface area contributed by atoms with Crippen molar-refractivity contribution in [2.45, 2.75) is 11.3 Å². The number of hydrogen-bond acceptors (Lipinski definition) is 4. The van der Waals surface area contributed by atoms with Gasteiger partial charge in [-0.25, -0.2) is 8.42 Å². The number of benzene rings is 1. The van der Waals surface area contributed by atoms with E-state index in [0.29, 0.717) is 11.4 Å². The molecule has 0 fully saturated rings. The van der Waals surface area contributed by atoms with Crippen LogP contribution in [0.5, 0.6) is 0 Å². The van der Waals surface area contributed by atoms with Gasteiger partial charge in [-0.05, 0) is 57.9 Å². The van der Waals surface area contributed by atoms with Gasteiger partial charge in [0.1, 0.15) is 0 Å². The summed E-state index contributed by atoms with van der Waals surface area (Å²) in [4.78, 5) is 2.49. The van der Waals surface area contributed by atoms with Crippen molar-refractivity contribution in [3.05, 3.63) is 28.7 Å². The monoisotopic (exact) mass is 348 g/mol. The molecule has 4 nitrogen and oxygen atoms in total. The molecule has 0 atom stereocenters. The van der Waals surface area contributed by atoms with Crippen LogP contribution >= 0.6 is 15.9 Å². The molecule has 0 saturated carbocycles. The van der Waals surface area contributed by atoms with Crippen LogP contribution in [0.15, 0.2) is 33.6 Å². The first kappa shape index (κ1) is 16.6. The Morgan fingerprint density at radius 2 is 1.79 bits per heavy atom. The summed E-state index contributed by atoms with van der Waals surface area (Å²) in [5.74, 6) is 0.136. The molecular formula is C13H21BrN2O2S. The molecule has 0 spiro atoms. The third-order valence-electron chi connectivity index (χ3n) is 2.68. The van der Waals surface area contributed by atoms with E-state index in [2.05, 4.69) is 26.1 Å². The number of hydrogen-bond donors (Lipinski definition) is 1. The molecule has 0 saturated heterocycles. The van der Waals surface area contributed by atoms with Gasteiger partial charge < -0.3 is 10.2 Å². The van der Waals surface area contributed by atoms with Gasteiger partial charge in [0.15, 0.2) is 9.84 Å². The summed E-state index contributed by atoms with van der Waals surface area (Å²) < 4.78 is 24.9. The van der Waals surface area contributed by atoms with Gasteiger partial charge in [0.25, 0.3) is 0 Å². The molecule has 1 aromatic rings. The molecule has 19 heavy (non-hydrogen) atoms. The Morgan fingerprint density at radius 3 is 2.37 bits per heavy atom. The largest absolute Gasteiger partial charge is 0.316 e. The quantitative estimate of drug-likeness (QED) is 0.727. The highest BCUT2D eigenvalue weighted by molar-refractivity contribution is 9.10. The van der Waals surface area contributed by atoms with Gasteiger partial charge in [0.05, 0.1) is 10.6 Å². The number of nitrogens with zero attached hydrogens (tertiary/aromatic N) is 1. The van der Waals surface area contributed by atoms with Gasteiger partial charge in [0.2, 0.25) is 0 Å². The Labute approximate surface area is 124 Å². The molecular weight excluding hydrogens is 328 g/mol. The number of rotatable bonds is 8. The van der Waals surface area contributed by atoms with Crippen molar-refractivity contribution < 1.29 is 8.42 Å². The zero-order valence-corrected chi connectivity index (χ0v) is 13.8. The van der Waals surface area contributed by atoms with Gasteiger partial charge in [-0.2, -0.15) is 0 Å². The van der Waals surface area contributed by atoms with Crippen LogP contribution < -0.4 is 5.32 Å². The lowest BCUT2D eigenvalue weighted by Gasteiger charge is -2.10. The molecule has 1 aromatic carbocycles.